The summed E-state index contributed by atoms with van der Waals surface area (Å²) in [6, 6.07) is 10.2. The average molecular weight is 405 g/mol. The van der Waals surface area contributed by atoms with E-state index in [2.05, 4.69) is 52.4 Å². The molecule has 3 aromatic rings. The molecule has 0 saturated heterocycles. The Labute approximate surface area is 176 Å². The smallest absolute Gasteiger partial charge is 0.224 e. The van der Waals surface area contributed by atoms with Crippen LogP contribution in [0.1, 0.15) is 51.5 Å². The average Bonchev–Trinajstić information content (AvgIpc) is 3.13. The van der Waals surface area contributed by atoms with Crippen LogP contribution in [0.15, 0.2) is 34.9 Å². The molecule has 7 nitrogen and oxygen atoms in total. The van der Waals surface area contributed by atoms with Gasteiger partial charge in [-0.2, -0.15) is 10.2 Å². The summed E-state index contributed by atoms with van der Waals surface area (Å²) < 4.78 is 5.75. The van der Waals surface area contributed by atoms with Gasteiger partial charge in [0.05, 0.1) is 6.20 Å². The second kappa shape index (κ2) is 8.31. The maximum Gasteiger partial charge on any atom is 0.224 e. The monoisotopic (exact) mass is 404 g/mol. The first kappa shape index (κ1) is 20.1. The number of anilines is 2. The van der Waals surface area contributed by atoms with E-state index in [-0.39, 0.29) is 5.41 Å². The Bertz CT molecular complexity index is 1030. The van der Waals surface area contributed by atoms with E-state index in [1.807, 2.05) is 24.3 Å². The summed E-state index contributed by atoms with van der Waals surface area (Å²) in [7, 11) is 0. The zero-order valence-corrected chi connectivity index (χ0v) is 17.8. The van der Waals surface area contributed by atoms with Gasteiger partial charge < -0.3 is 15.1 Å². The van der Waals surface area contributed by atoms with Gasteiger partial charge in [0.25, 0.3) is 0 Å². The van der Waals surface area contributed by atoms with E-state index < -0.39 is 0 Å². The Morgan fingerprint density at radius 1 is 1.23 bits per heavy atom. The van der Waals surface area contributed by atoms with Crippen molar-refractivity contribution < 1.29 is 4.42 Å². The highest BCUT2D eigenvalue weighted by molar-refractivity contribution is 5.72. The summed E-state index contributed by atoms with van der Waals surface area (Å²) in [5.74, 6) is 2.47. The molecule has 4 rings (SSSR count). The summed E-state index contributed by atoms with van der Waals surface area (Å²) in [4.78, 5) is 13.3. The molecule has 156 valence electrons. The first-order valence-electron chi connectivity index (χ1n) is 10.6. The molecular weight excluding hydrogens is 376 g/mol. The van der Waals surface area contributed by atoms with Gasteiger partial charge in [-0.3, -0.25) is 0 Å². The highest BCUT2D eigenvalue weighted by atomic mass is 16.3. The molecule has 0 spiro atoms. The van der Waals surface area contributed by atoms with E-state index in [0.717, 1.165) is 23.9 Å². The zero-order chi connectivity index (χ0) is 21.1. The van der Waals surface area contributed by atoms with Crippen molar-refractivity contribution in [3.05, 3.63) is 41.9 Å². The summed E-state index contributed by atoms with van der Waals surface area (Å²) in [6.45, 7) is 7.54. The van der Waals surface area contributed by atoms with Gasteiger partial charge in [0.2, 0.25) is 5.95 Å². The molecule has 1 saturated carbocycles. The Morgan fingerprint density at radius 3 is 2.83 bits per heavy atom. The van der Waals surface area contributed by atoms with Crippen LogP contribution in [-0.4, -0.2) is 27.5 Å². The van der Waals surface area contributed by atoms with Crippen molar-refractivity contribution in [3.63, 3.8) is 0 Å². The lowest BCUT2D eigenvalue weighted by Gasteiger charge is -2.41. The van der Waals surface area contributed by atoms with Crippen LogP contribution in [0.25, 0.3) is 11.1 Å². The predicted molar refractivity (Wildman–Crippen MR) is 117 cm³/mol. The number of nitrogens with one attached hydrogen (secondary N) is 2. The highest BCUT2D eigenvalue weighted by Crippen LogP contribution is 2.41. The van der Waals surface area contributed by atoms with Crippen LogP contribution in [0.2, 0.25) is 0 Å². The third kappa shape index (κ3) is 4.38. The lowest BCUT2D eigenvalue weighted by molar-refractivity contribution is 0.143. The molecule has 30 heavy (non-hydrogen) atoms. The number of oxazole rings is 1. The van der Waals surface area contributed by atoms with Crippen molar-refractivity contribution in [3.8, 4) is 6.07 Å². The normalized spacial score (nSPS) is 20.6. The summed E-state index contributed by atoms with van der Waals surface area (Å²) in [5.41, 5.74) is 2.39. The van der Waals surface area contributed by atoms with Gasteiger partial charge >= 0.3 is 0 Å². The molecule has 2 heterocycles. The quantitative estimate of drug-likeness (QED) is 0.610. The molecule has 7 heteroatoms. The fourth-order valence-electron chi connectivity index (χ4n) is 4.06. The number of nitriles is 1. The maximum atomic E-state index is 9.47. The number of aromatic nitrogens is 3. The topological polar surface area (TPSA) is 99.7 Å². The van der Waals surface area contributed by atoms with Crippen molar-refractivity contribution in [2.45, 2.75) is 52.5 Å². The minimum absolute atomic E-state index is 0.274. The molecule has 2 aromatic heterocycles. The van der Waals surface area contributed by atoms with E-state index in [9.17, 15) is 5.26 Å². The van der Waals surface area contributed by atoms with Gasteiger partial charge in [-0.15, -0.1) is 0 Å². The third-order valence-electron chi connectivity index (χ3n) is 6.26. The van der Waals surface area contributed by atoms with E-state index in [1.54, 1.807) is 6.20 Å². The molecule has 2 N–H and O–H groups in total. The van der Waals surface area contributed by atoms with Crippen LogP contribution in [0.5, 0.6) is 0 Å². The Kier molecular flexibility index (Phi) is 5.58. The largest absolute Gasteiger partial charge is 0.441 e. The van der Waals surface area contributed by atoms with Crippen molar-refractivity contribution >= 4 is 22.9 Å². The summed E-state index contributed by atoms with van der Waals surface area (Å²) >= 11 is 0. The van der Waals surface area contributed by atoms with E-state index in [1.165, 1.54) is 6.42 Å². The van der Waals surface area contributed by atoms with Crippen LogP contribution in [0.4, 0.5) is 11.8 Å². The fraction of sp³-hybridized carbons (Fsp3) is 0.478. The molecule has 1 aliphatic carbocycles. The predicted octanol–water partition coefficient (Wildman–Crippen LogP) is 4.77. The van der Waals surface area contributed by atoms with Gasteiger partial charge in [0.15, 0.2) is 11.5 Å². The molecule has 1 aromatic carbocycles. The number of nitrogens with zero attached hydrogens (tertiary/aromatic N) is 4. The van der Waals surface area contributed by atoms with Crippen LogP contribution < -0.4 is 10.6 Å². The first-order chi connectivity index (χ1) is 14.4. The second-order valence-corrected chi connectivity index (χ2v) is 8.83. The molecule has 0 radical (unpaired) electrons. The molecule has 1 aliphatic rings. The lowest BCUT2D eigenvalue weighted by atomic mass is 9.68. The molecule has 0 bridgehead atoms. The Morgan fingerprint density at radius 2 is 2.07 bits per heavy atom. The van der Waals surface area contributed by atoms with E-state index in [0.29, 0.717) is 48.1 Å². The highest BCUT2D eigenvalue weighted by Gasteiger charge is 2.34. The number of hydrogen-bond acceptors (Lipinski definition) is 7. The number of rotatable bonds is 6. The zero-order valence-electron chi connectivity index (χ0n) is 17.8. The number of para-hydroxylation sites is 2. The maximum absolute atomic E-state index is 9.47. The van der Waals surface area contributed by atoms with Crippen LogP contribution in [0.3, 0.4) is 0 Å². The van der Waals surface area contributed by atoms with E-state index >= 15 is 0 Å². The number of fused-ring (bicyclic) bond motifs is 1. The van der Waals surface area contributed by atoms with Gasteiger partial charge in [-0.1, -0.05) is 32.9 Å². The molecule has 1 fully saturated rings. The van der Waals surface area contributed by atoms with Gasteiger partial charge in [-0.05, 0) is 42.7 Å². The van der Waals surface area contributed by atoms with Crippen molar-refractivity contribution in [1.82, 2.24) is 15.0 Å². The molecular formula is C23H28N6O. The molecule has 0 aliphatic heterocycles. The molecule has 2 atom stereocenters. The van der Waals surface area contributed by atoms with Gasteiger partial charge in [-0.25, -0.2) is 9.97 Å². The lowest BCUT2D eigenvalue weighted by Crippen LogP contribution is -2.37. The van der Waals surface area contributed by atoms with Crippen molar-refractivity contribution in [2.24, 2.45) is 11.3 Å². The summed E-state index contributed by atoms with van der Waals surface area (Å²) in [6.07, 6.45) is 5.51. The van der Waals surface area contributed by atoms with Crippen LogP contribution in [0, 0.1) is 22.7 Å². The second-order valence-electron chi connectivity index (χ2n) is 8.83. The minimum Gasteiger partial charge on any atom is -0.441 e. The van der Waals surface area contributed by atoms with Crippen LogP contribution in [-0.2, 0) is 6.42 Å². The number of hydrogen-bond donors (Lipinski definition) is 2. The molecule has 0 amide bonds. The Balaban J connectivity index is 1.40. The first-order valence-corrected chi connectivity index (χ1v) is 10.6. The summed E-state index contributed by atoms with van der Waals surface area (Å²) in [5, 5.41) is 16.2. The minimum atomic E-state index is 0.274. The van der Waals surface area contributed by atoms with E-state index in [4.69, 9.17) is 4.42 Å². The SMILES string of the molecule is C[C@H]1CC[C@@H](Nc2nc(NCCc3nc4ccccc4o3)ncc2C#N)CC1(C)C. The number of benzene rings is 1. The standard InChI is InChI=1S/C23H28N6O/c1-15-8-9-17(12-23(15,2)3)27-21-16(13-24)14-26-22(29-21)25-11-10-20-28-18-6-4-5-7-19(18)30-20/h4-7,14-15,17H,8-12H2,1-3H3,(H2,25,26,27,29)/t15-,17+/m0/s1. The van der Waals surface area contributed by atoms with Crippen LogP contribution >= 0.6 is 0 Å². The third-order valence-corrected chi connectivity index (χ3v) is 6.26. The molecule has 0 unspecified atom stereocenters. The fourth-order valence-corrected chi connectivity index (χ4v) is 4.06. The Hall–Kier alpha value is -3.14. The van der Waals surface area contributed by atoms with Gasteiger partial charge in [0, 0.05) is 19.0 Å². The van der Waals surface area contributed by atoms with Crippen molar-refractivity contribution in [2.75, 3.05) is 17.2 Å². The van der Waals surface area contributed by atoms with Gasteiger partial charge in [0.1, 0.15) is 23.0 Å². The van der Waals surface area contributed by atoms with Crippen molar-refractivity contribution in [1.29, 1.82) is 5.26 Å².